The second-order valence-corrected chi connectivity index (χ2v) is 11.9. The molecular formula is C39H64O9. The van der Waals surface area contributed by atoms with E-state index in [-0.39, 0.29) is 19.2 Å². The van der Waals surface area contributed by atoms with Crippen molar-refractivity contribution in [3.05, 3.63) is 72.9 Å². The van der Waals surface area contributed by atoms with Crippen molar-refractivity contribution in [2.45, 2.75) is 141 Å². The molecule has 1 heterocycles. The van der Waals surface area contributed by atoms with Crippen LogP contribution in [0.1, 0.15) is 104 Å². The van der Waals surface area contributed by atoms with Gasteiger partial charge in [-0.25, -0.2) is 0 Å². The van der Waals surface area contributed by atoms with Crippen LogP contribution in [0.3, 0.4) is 0 Å². The molecule has 0 aromatic heterocycles. The average molecular weight is 677 g/mol. The maximum absolute atomic E-state index is 12.3. The molecule has 0 saturated carbocycles. The zero-order valence-electron chi connectivity index (χ0n) is 29.5. The Morgan fingerprint density at radius 1 is 0.688 bits per heavy atom. The molecule has 0 aliphatic carbocycles. The van der Waals surface area contributed by atoms with Crippen molar-refractivity contribution in [1.82, 2.24) is 0 Å². The van der Waals surface area contributed by atoms with E-state index < -0.39 is 43.4 Å². The molecule has 0 aromatic carbocycles. The number of rotatable bonds is 28. The second kappa shape index (κ2) is 30.7. The molecule has 1 saturated heterocycles. The van der Waals surface area contributed by atoms with Crippen molar-refractivity contribution in [2.24, 2.45) is 0 Å². The molecule has 1 aliphatic heterocycles. The Labute approximate surface area is 289 Å². The van der Waals surface area contributed by atoms with Gasteiger partial charge in [-0.1, -0.05) is 106 Å². The number of aliphatic hydroxyl groups excluding tert-OH is 4. The van der Waals surface area contributed by atoms with E-state index in [0.717, 1.165) is 83.5 Å². The van der Waals surface area contributed by atoms with Gasteiger partial charge in [0.15, 0.2) is 6.29 Å². The minimum Gasteiger partial charge on any atom is -0.457 e. The third kappa shape index (κ3) is 22.3. The molecule has 274 valence electrons. The summed E-state index contributed by atoms with van der Waals surface area (Å²) in [6, 6.07) is 0. The highest BCUT2D eigenvalue weighted by molar-refractivity contribution is 5.69. The number of unbranched alkanes of at least 4 members (excludes halogenated alkanes) is 5. The molecule has 9 heteroatoms. The summed E-state index contributed by atoms with van der Waals surface area (Å²) in [5.41, 5.74) is 0. The van der Waals surface area contributed by atoms with Gasteiger partial charge in [-0.2, -0.15) is 0 Å². The third-order valence-electron chi connectivity index (χ3n) is 7.64. The van der Waals surface area contributed by atoms with Gasteiger partial charge in [-0.15, -0.1) is 0 Å². The molecule has 0 amide bonds. The molecule has 0 radical (unpaired) electrons. The fourth-order valence-electron chi connectivity index (χ4n) is 4.79. The molecule has 4 N–H and O–H groups in total. The first-order chi connectivity index (χ1) is 23.4. The van der Waals surface area contributed by atoms with Crippen molar-refractivity contribution in [3.63, 3.8) is 0 Å². The largest absolute Gasteiger partial charge is 0.457 e. The summed E-state index contributed by atoms with van der Waals surface area (Å²) >= 11 is 0. The van der Waals surface area contributed by atoms with Gasteiger partial charge in [0.2, 0.25) is 0 Å². The SMILES string of the molecule is CC/C=C\C/C=C\C/C=C\C/C=C\C/C=C\C/C=C\CCCCCOCC(COC1OC(CO)C(O)C(O)C1O)OC(=O)CCCCC. The lowest BCUT2D eigenvalue weighted by atomic mass is 9.99. The van der Waals surface area contributed by atoms with Crippen LogP contribution in [0.5, 0.6) is 0 Å². The molecule has 48 heavy (non-hydrogen) atoms. The van der Waals surface area contributed by atoms with E-state index in [1.54, 1.807) is 0 Å². The highest BCUT2D eigenvalue weighted by Crippen LogP contribution is 2.22. The lowest BCUT2D eigenvalue weighted by molar-refractivity contribution is -0.305. The Kier molecular flexibility index (Phi) is 27.9. The predicted molar refractivity (Wildman–Crippen MR) is 191 cm³/mol. The monoisotopic (exact) mass is 676 g/mol. The lowest BCUT2D eigenvalue weighted by Crippen LogP contribution is -2.59. The van der Waals surface area contributed by atoms with E-state index in [4.69, 9.17) is 18.9 Å². The predicted octanol–water partition coefficient (Wildman–Crippen LogP) is 6.57. The summed E-state index contributed by atoms with van der Waals surface area (Å²) in [6.07, 6.45) is 31.6. The summed E-state index contributed by atoms with van der Waals surface area (Å²) in [4.78, 5) is 12.3. The van der Waals surface area contributed by atoms with Gasteiger partial charge in [0.25, 0.3) is 0 Å². The highest BCUT2D eigenvalue weighted by atomic mass is 16.7. The van der Waals surface area contributed by atoms with E-state index in [1.807, 2.05) is 0 Å². The normalized spacial score (nSPS) is 22.8. The Hall–Kier alpha value is -2.37. The molecule has 6 unspecified atom stereocenters. The summed E-state index contributed by atoms with van der Waals surface area (Å²) in [7, 11) is 0. The fraction of sp³-hybridized carbons (Fsp3) is 0.667. The quantitative estimate of drug-likeness (QED) is 0.0412. The zero-order valence-corrected chi connectivity index (χ0v) is 29.5. The number of aliphatic hydroxyl groups is 4. The van der Waals surface area contributed by atoms with Crippen molar-refractivity contribution < 1.29 is 44.2 Å². The Bertz CT molecular complexity index is 953. The average Bonchev–Trinajstić information content (AvgIpc) is 3.08. The van der Waals surface area contributed by atoms with Crippen LogP contribution in [0.2, 0.25) is 0 Å². The van der Waals surface area contributed by atoms with Gasteiger partial charge in [0.05, 0.1) is 19.8 Å². The zero-order chi connectivity index (χ0) is 35.1. The number of carbonyl (C=O) groups is 1. The summed E-state index contributed by atoms with van der Waals surface area (Å²) in [5, 5.41) is 39.6. The third-order valence-corrected chi connectivity index (χ3v) is 7.64. The standard InChI is InChI=1S/C39H64O9/c1-3-5-7-8-9-10-11-12-13-14-15-16-17-18-19-20-21-22-23-24-25-27-29-45-31-33(47-35(41)28-26-6-4-2)32-46-39-38(44)37(43)36(42)34(30-40)48-39/h5,7,9-10,12-13,15-16,18-19,21-22,33-34,36-40,42-44H,3-4,6,8,11,14,17,20,23-32H2,1-2H3/b7-5-,10-9-,13-12-,16-15-,19-18-,22-21-. The van der Waals surface area contributed by atoms with Crippen LogP contribution in [0.25, 0.3) is 0 Å². The van der Waals surface area contributed by atoms with E-state index in [0.29, 0.717) is 13.0 Å². The highest BCUT2D eigenvalue weighted by Gasteiger charge is 2.44. The van der Waals surface area contributed by atoms with Gasteiger partial charge in [-0.3, -0.25) is 4.79 Å². The molecule has 1 aliphatic rings. The Balaban J connectivity index is 2.21. The minimum atomic E-state index is -1.54. The van der Waals surface area contributed by atoms with Crippen LogP contribution in [-0.2, 0) is 23.7 Å². The van der Waals surface area contributed by atoms with Crippen LogP contribution < -0.4 is 0 Å². The lowest BCUT2D eigenvalue weighted by Gasteiger charge is -2.39. The first-order valence-corrected chi connectivity index (χ1v) is 18.0. The first-order valence-electron chi connectivity index (χ1n) is 18.0. The molecule has 6 atom stereocenters. The van der Waals surface area contributed by atoms with Crippen molar-refractivity contribution in [1.29, 1.82) is 0 Å². The van der Waals surface area contributed by atoms with Crippen molar-refractivity contribution in [2.75, 3.05) is 26.4 Å². The second-order valence-electron chi connectivity index (χ2n) is 11.9. The van der Waals surface area contributed by atoms with Gasteiger partial charge in [0.1, 0.15) is 30.5 Å². The van der Waals surface area contributed by atoms with Gasteiger partial charge in [0, 0.05) is 13.0 Å². The molecule has 9 nitrogen and oxygen atoms in total. The number of esters is 1. The molecule has 0 bridgehead atoms. The Morgan fingerprint density at radius 2 is 1.27 bits per heavy atom. The van der Waals surface area contributed by atoms with E-state index >= 15 is 0 Å². The molecule has 1 rings (SSSR count). The fourth-order valence-corrected chi connectivity index (χ4v) is 4.79. The van der Waals surface area contributed by atoms with Crippen molar-refractivity contribution >= 4 is 5.97 Å². The van der Waals surface area contributed by atoms with Crippen LogP contribution in [0, 0.1) is 0 Å². The topological polar surface area (TPSA) is 135 Å². The molecule has 0 aromatic rings. The number of allylic oxidation sites excluding steroid dienone is 12. The van der Waals surface area contributed by atoms with Gasteiger partial charge < -0.3 is 39.4 Å². The van der Waals surface area contributed by atoms with Crippen LogP contribution in [0.15, 0.2) is 72.9 Å². The van der Waals surface area contributed by atoms with Crippen LogP contribution in [-0.4, -0.2) is 89.6 Å². The number of ether oxygens (including phenoxy) is 4. The van der Waals surface area contributed by atoms with E-state index in [9.17, 15) is 25.2 Å². The summed E-state index contributed by atoms with van der Waals surface area (Å²) in [5.74, 6) is -0.356. The summed E-state index contributed by atoms with van der Waals surface area (Å²) < 4.78 is 22.3. The number of hydrogen-bond donors (Lipinski definition) is 4. The molecule has 1 fully saturated rings. The van der Waals surface area contributed by atoms with Crippen LogP contribution >= 0.6 is 0 Å². The molecular weight excluding hydrogens is 612 g/mol. The Morgan fingerprint density at radius 3 is 1.83 bits per heavy atom. The number of carbonyl (C=O) groups excluding carboxylic acids is 1. The smallest absolute Gasteiger partial charge is 0.306 e. The van der Waals surface area contributed by atoms with Gasteiger partial charge in [-0.05, 0) is 64.2 Å². The first kappa shape index (κ1) is 43.7. The minimum absolute atomic E-state index is 0.115. The maximum atomic E-state index is 12.3. The maximum Gasteiger partial charge on any atom is 0.306 e. The van der Waals surface area contributed by atoms with Gasteiger partial charge >= 0.3 is 5.97 Å². The van der Waals surface area contributed by atoms with Crippen molar-refractivity contribution in [3.8, 4) is 0 Å². The number of hydrogen-bond acceptors (Lipinski definition) is 9. The van der Waals surface area contributed by atoms with Crippen LogP contribution in [0.4, 0.5) is 0 Å². The summed E-state index contributed by atoms with van der Waals surface area (Å²) in [6.45, 7) is 4.14. The molecule has 0 spiro atoms. The van der Waals surface area contributed by atoms with E-state index in [2.05, 4.69) is 86.8 Å². The van der Waals surface area contributed by atoms with E-state index in [1.165, 1.54) is 0 Å².